The number of anilines is 1. The fourth-order valence-electron chi connectivity index (χ4n) is 4.70. The van der Waals surface area contributed by atoms with Crippen LogP contribution in [-0.4, -0.2) is 44.3 Å². The lowest BCUT2D eigenvalue weighted by Gasteiger charge is -2.26. The highest BCUT2D eigenvalue weighted by atomic mass is 16.7. The Kier molecular flexibility index (Phi) is 7.38. The van der Waals surface area contributed by atoms with Crippen LogP contribution in [0, 0.1) is 17.8 Å². The van der Waals surface area contributed by atoms with Crippen LogP contribution in [0.1, 0.15) is 47.4 Å². The number of aliphatic hydroxyl groups is 1. The summed E-state index contributed by atoms with van der Waals surface area (Å²) < 4.78 is 12.6. The topological polar surface area (TPSA) is 119 Å². The second-order valence-corrected chi connectivity index (χ2v) is 9.10. The van der Waals surface area contributed by atoms with E-state index < -0.39 is 18.1 Å². The predicted molar refractivity (Wildman–Crippen MR) is 135 cm³/mol. The smallest absolute Gasteiger partial charge is 0.303 e. The summed E-state index contributed by atoms with van der Waals surface area (Å²) in [5.74, 6) is 5.86. The molecule has 0 amide bonds. The number of carbonyl (C=O) groups is 1. The first-order valence-electron chi connectivity index (χ1n) is 12.2. The van der Waals surface area contributed by atoms with E-state index in [0.29, 0.717) is 23.4 Å². The van der Waals surface area contributed by atoms with Gasteiger partial charge in [0, 0.05) is 18.7 Å². The van der Waals surface area contributed by atoms with Crippen LogP contribution in [-0.2, 0) is 27.1 Å². The quantitative estimate of drug-likeness (QED) is 0.403. The van der Waals surface area contributed by atoms with Crippen LogP contribution in [0.3, 0.4) is 0 Å². The molecular weight excluding hydrogens is 472 g/mol. The normalized spacial score (nSPS) is 16.5. The fraction of sp³-hybridized carbons (Fsp3) is 0.321. The summed E-state index contributed by atoms with van der Waals surface area (Å²) in [6.45, 7) is 0.934. The van der Waals surface area contributed by atoms with Gasteiger partial charge in [0.05, 0.1) is 23.9 Å². The van der Waals surface area contributed by atoms with E-state index in [9.17, 15) is 15.0 Å². The molecule has 2 aliphatic heterocycles. The summed E-state index contributed by atoms with van der Waals surface area (Å²) in [7, 11) is 0. The maximum Gasteiger partial charge on any atom is 0.303 e. The highest BCUT2D eigenvalue weighted by Gasteiger charge is 2.33. The molecule has 1 aromatic carbocycles. The van der Waals surface area contributed by atoms with Gasteiger partial charge in [-0.05, 0) is 36.5 Å². The Morgan fingerprint density at radius 3 is 2.86 bits per heavy atom. The van der Waals surface area contributed by atoms with Crippen molar-refractivity contribution >= 4 is 11.8 Å². The minimum absolute atomic E-state index is 0.0692. The number of aliphatic hydroxyl groups excluding tert-OH is 1. The van der Waals surface area contributed by atoms with Gasteiger partial charge >= 0.3 is 5.97 Å². The maximum absolute atomic E-state index is 11.8. The number of aryl methyl sites for hydroxylation is 1. The van der Waals surface area contributed by atoms with Crippen molar-refractivity contribution in [2.75, 3.05) is 18.7 Å². The molecule has 3 atom stereocenters. The molecule has 9 nitrogen and oxygen atoms in total. The van der Waals surface area contributed by atoms with Crippen molar-refractivity contribution in [1.29, 1.82) is 0 Å². The van der Waals surface area contributed by atoms with Gasteiger partial charge in [0.25, 0.3) is 0 Å². The van der Waals surface area contributed by atoms with Gasteiger partial charge in [-0.1, -0.05) is 48.2 Å². The molecule has 0 saturated carbocycles. The number of hydrogen-bond donors (Lipinski definition) is 3. The van der Waals surface area contributed by atoms with E-state index in [4.69, 9.17) is 9.47 Å². The monoisotopic (exact) mass is 500 g/mol. The van der Waals surface area contributed by atoms with Gasteiger partial charge in [0.15, 0.2) is 11.9 Å². The zero-order valence-corrected chi connectivity index (χ0v) is 20.2. The number of aromatic nitrogens is 3. The number of fused-ring (bicyclic) bond motifs is 1. The third kappa shape index (κ3) is 5.93. The third-order valence-corrected chi connectivity index (χ3v) is 6.44. The highest BCUT2D eigenvalue weighted by molar-refractivity contribution is 5.67. The Labute approximate surface area is 214 Å². The Hall–Kier alpha value is -4.29. The number of ether oxygens (including phenoxy) is 2. The maximum atomic E-state index is 11.8. The van der Waals surface area contributed by atoms with Crippen molar-refractivity contribution in [2.45, 2.75) is 37.8 Å². The number of benzene rings is 1. The zero-order valence-electron chi connectivity index (χ0n) is 20.2. The van der Waals surface area contributed by atoms with Gasteiger partial charge in [-0.3, -0.25) is 9.48 Å². The molecular formula is C28H28N4O5. The molecule has 0 spiro atoms. The number of allylic oxidation sites excluding steroid dienone is 1. The largest absolute Gasteiger partial charge is 0.481 e. The number of carboxylic acids is 1. The van der Waals surface area contributed by atoms with Crippen molar-refractivity contribution in [3.63, 3.8) is 0 Å². The SMILES string of the molecule is O=C(O)CC(Cc1ccccc1)C(C1=COCO1)n1cc(C#CC(O)c2ccc3c(n2)NCCC3)cn1. The minimum atomic E-state index is -1.06. The van der Waals surface area contributed by atoms with Gasteiger partial charge in [-0.25, -0.2) is 4.98 Å². The lowest BCUT2D eigenvalue weighted by Crippen LogP contribution is -2.26. The second kappa shape index (κ2) is 11.2. The summed E-state index contributed by atoms with van der Waals surface area (Å²) in [5, 5.41) is 28.0. The highest BCUT2D eigenvalue weighted by Crippen LogP contribution is 2.34. The Morgan fingerprint density at radius 2 is 2.08 bits per heavy atom. The second-order valence-electron chi connectivity index (χ2n) is 9.10. The van der Waals surface area contributed by atoms with Crippen molar-refractivity contribution in [2.24, 2.45) is 5.92 Å². The number of pyridine rings is 1. The molecule has 37 heavy (non-hydrogen) atoms. The standard InChI is InChI=1S/C28H28N4O5/c33-24(23-10-9-21-7-4-12-29-28(21)31-23)11-8-20-15-30-32(16-20)27(25-17-36-18-37-25)22(14-26(34)35)13-19-5-2-1-3-6-19/h1-3,5-6,9-10,15-17,22,24,27,33H,4,7,12-14,18H2,(H,29,31)(H,34,35). The molecule has 3 N–H and O–H groups in total. The lowest BCUT2D eigenvalue weighted by molar-refractivity contribution is -0.138. The van der Waals surface area contributed by atoms with Gasteiger partial charge in [0.1, 0.15) is 18.1 Å². The number of carboxylic acid groups (broad SMARTS) is 1. The molecule has 9 heteroatoms. The van der Waals surface area contributed by atoms with Gasteiger partial charge in [-0.2, -0.15) is 5.10 Å². The van der Waals surface area contributed by atoms with E-state index in [-0.39, 0.29) is 19.1 Å². The summed E-state index contributed by atoms with van der Waals surface area (Å²) in [4.78, 5) is 16.3. The summed E-state index contributed by atoms with van der Waals surface area (Å²) >= 11 is 0. The molecule has 3 aromatic rings. The average Bonchev–Trinajstić information content (AvgIpc) is 3.60. The minimum Gasteiger partial charge on any atom is -0.481 e. The van der Waals surface area contributed by atoms with E-state index in [1.165, 1.54) is 6.26 Å². The number of nitrogens with one attached hydrogen (secondary N) is 1. The van der Waals surface area contributed by atoms with E-state index in [1.807, 2.05) is 36.4 Å². The molecule has 0 radical (unpaired) electrons. The Balaban J connectivity index is 1.39. The molecule has 190 valence electrons. The van der Waals surface area contributed by atoms with E-state index in [1.54, 1.807) is 23.1 Å². The molecule has 5 rings (SSSR count). The fourth-order valence-corrected chi connectivity index (χ4v) is 4.70. The molecule has 2 aromatic heterocycles. The van der Waals surface area contributed by atoms with Crippen LogP contribution in [0.5, 0.6) is 0 Å². The molecule has 0 saturated heterocycles. The molecule has 4 heterocycles. The number of aliphatic carboxylic acids is 1. The Bertz CT molecular complexity index is 1340. The van der Waals surface area contributed by atoms with Crippen molar-refractivity contribution in [3.05, 3.63) is 89.3 Å². The van der Waals surface area contributed by atoms with E-state index in [2.05, 4.69) is 27.2 Å². The van der Waals surface area contributed by atoms with Gasteiger partial charge < -0.3 is 25.0 Å². The Morgan fingerprint density at radius 1 is 1.22 bits per heavy atom. The van der Waals surface area contributed by atoms with E-state index >= 15 is 0 Å². The number of nitrogens with zero attached hydrogens (tertiary/aromatic N) is 3. The first kappa shape index (κ1) is 24.4. The van der Waals surface area contributed by atoms with Crippen LogP contribution in [0.25, 0.3) is 0 Å². The molecule has 2 aliphatic rings. The lowest BCUT2D eigenvalue weighted by atomic mass is 9.88. The van der Waals surface area contributed by atoms with Gasteiger partial charge in [0.2, 0.25) is 6.79 Å². The van der Waals surface area contributed by atoms with Crippen LogP contribution in [0.2, 0.25) is 0 Å². The van der Waals surface area contributed by atoms with Crippen LogP contribution >= 0.6 is 0 Å². The van der Waals surface area contributed by atoms with Crippen LogP contribution < -0.4 is 5.32 Å². The predicted octanol–water partition coefficient (Wildman–Crippen LogP) is 3.44. The summed E-state index contributed by atoms with van der Waals surface area (Å²) in [6.07, 6.45) is 6.23. The molecule has 0 fully saturated rings. The molecule has 3 unspecified atom stereocenters. The summed E-state index contributed by atoms with van der Waals surface area (Å²) in [5.41, 5.74) is 3.22. The van der Waals surface area contributed by atoms with Crippen molar-refractivity contribution in [3.8, 4) is 11.8 Å². The first-order valence-corrected chi connectivity index (χ1v) is 12.2. The number of hydrogen-bond acceptors (Lipinski definition) is 7. The van der Waals surface area contributed by atoms with Gasteiger partial charge in [-0.15, -0.1) is 0 Å². The molecule has 0 aliphatic carbocycles. The van der Waals surface area contributed by atoms with E-state index in [0.717, 1.165) is 36.3 Å². The zero-order chi connectivity index (χ0) is 25.6. The third-order valence-electron chi connectivity index (χ3n) is 6.44. The number of rotatable bonds is 8. The summed E-state index contributed by atoms with van der Waals surface area (Å²) in [6, 6.07) is 13.0. The first-order chi connectivity index (χ1) is 18.1. The molecule has 0 bridgehead atoms. The van der Waals surface area contributed by atoms with Crippen LogP contribution in [0.4, 0.5) is 5.82 Å². The van der Waals surface area contributed by atoms with Crippen molar-refractivity contribution in [1.82, 2.24) is 14.8 Å². The van der Waals surface area contributed by atoms with Crippen LogP contribution in [0.15, 0.2) is 66.9 Å². The van der Waals surface area contributed by atoms with Crippen molar-refractivity contribution < 1.29 is 24.5 Å². The average molecular weight is 501 g/mol.